The maximum Gasteiger partial charge on any atom is 0.252 e. The number of rotatable bonds is 3. The van der Waals surface area contributed by atoms with E-state index in [1.165, 1.54) is 0 Å². The third-order valence-electron chi connectivity index (χ3n) is 4.04. The van der Waals surface area contributed by atoms with Gasteiger partial charge in [-0.2, -0.15) is 0 Å². The topological polar surface area (TPSA) is 32.3 Å². The van der Waals surface area contributed by atoms with E-state index in [-0.39, 0.29) is 11.3 Å². The normalized spacial score (nSPS) is 18.8. The van der Waals surface area contributed by atoms with Crippen LogP contribution in [0.25, 0.3) is 0 Å². The van der Waals surface area contributed by atoms with Gasteiger partial charge in [0.1, 0.15) is 0 Å². The lowest BCUT2D eigenvalue weighted by Crippen LogP contribution is -2.43. The lowest BCUT2D eigenvalue weighted by Gasteiger charge is -2.38. The van der Waals surface area contributed by atoms with Gasteiger partial charge >= 0.3 is 0 Å². The Kier molecular flexibility index (Phi) is 5.26. The van der Waals surface area contributed by atoms with E-state index in [4.69, 9.17) is 0 Å². The molecule has 0 radical (unpaired) electrons. The molecule has 0 atom stereocenters. The van der Waals surface area contributed by atoms with Gasteiger partial charge in [0.05, 0.1) is 5.56 Å². The number of halogens is 2. The molecule has 1 aliphatic rings. The molecular weight excluding hydrogens is 384 g/mol. The van der Waals surface area contributed by atoms with Crippen LogP contribution in [0.3, 0.4) is 0 Å². The van der Waals surface area contributed by atoms with Crippen molar-refractivity contribution in [2.24, 2.45) is 5.41 Å². The highest BCUT2D eigenvalue weighted by atomic mass is 79.9. The molecule has 1 aromatic rings. The molecule has 1 N–H and O–H groups in total. The maximum atomic E-state index is 12.3. The second kappa shape index (κ2) is 6.58. The molecule has 5 heteroatoms. The number of hydrogen-bond donors (Lipinski definition) is 1. The first-order chi connectivity index (χ1) is 9.39. The monoisotopic (exact) mass is 402 g/mol. The number of amides is 1. The van der Waals surface area contributed by atoms with E-state index in [1.54, 1.807) is 0 Å². The zero-order chi connectivity index (χ0) is 14.8. The Hall–Kier alpha value is -0.390. The Bertz CT molecular complexity index is 497. The first-order valence-corrected chi connectivity index (χ1v) is 8.40. The highest BCUT2D eigenvalue weighted by molar-refractivity contribution is 9.11. The third kappa shape index (κ3) is 4.06. The minimum atomic E-state index is -0.0154. The number of carbonyl (C=O) groups is 1. The average molecular weight is 404 g/mol. The summed E-state index contributed by atoms with van der Waals surface area (Å²) < 4.78 is 1.74. The number of nitrogens with zero attached hydrogens (tertiary/aromatic N) is 1. The van der Waals surface area contributed by atoms with Crippen LogP contribution in [-0.4, -0.2) is 37.5 Å². The number of nitrogens with one attached hydrogen (secondary N) is 1. The van der Waals surface area contributed by atoms with Crippen LogP contribution >= 0.6 is 31.9 Å². The molecule has 0 aromatic heterocycles. The van der Waals surface area contributed by atoms with Gasteiger partial charge in [0.2, 0.25) is 0 Å². The fraction of sp³-hybridized carbons (Fsp3) is 0.533. The molecule has 3 nitrogen and oxygen atoms in total. The van der Waals surface area contributed by atoms with Gasteiger partial charge in [-0.3, -0.25) is 4.79 Å². The van der Waals surface area contributed by atoms with Crippen LogP contribution < -0.4 is 5.32 Å². The van der Waals surface area contributed by atoms with Crippen molar-refractivity contribution in [3.05, 3.63) is 32.7 Å². The number of likely N-dealkylation sites (tertiary alicyclic amines) is 1. The first kappa shape index (κ1) is 16.0. The van der Waals surface area contributed by atoms with Crippen molar-refractivity contribution < 1.29 is 4.79 Å². The molecule has 110 valence electrons. The summed E-state index contributed by atoms with van der Waals surface area (Å²) in [6, 6.07) is 5.64. The van der Waals surface area contributed by atoms with E-state index in [2.05, 4.69) is 56.0 Å². The minimum absolute atomic E-state index is 0.0154. The van der Waals surface area contributed by atoms with Crippen molar-refractivity contribution >= 4 is 37.8 Å². The van der Waals surface area contributed by atoms with E-state index in [0.717, 1.165) is 41.4 Å². The summed E-state index contributed by atoms with van der Waals surface area (Å²) in [5, 5.41) is 3.08. The summed E-state index contributed by atoms with van der Waals surface area (Å²) in [4.78, 5) is 14.6. The molecule has 0 bridgehead atoms. The first-order valence-electron chi connectivity index (χ1n) is 6.81. The Morgan fingerprint density at radius 3 is 2.65 bits per heavy atom. The lowest BCUT2D eigenvalue weighted by atomic mass is 9.80. The number of benzene rings is 1. The van der Waals surface area contributed by atoms with Crippen LogP contribution in [0, 0.1) is 5.41 Å². The van der Waals surface area contributed by atoms with Gasteiger partial charge in [-0.1, -0.05) is 22.9 Å². The van der Waals surface area contributed by atoms with Crippen LogP contribution in [-0.2, 0) is 0 Å². The van der Waals surface area contributed by atoms with E-state index in [0.29, 0.717) is 5.56 Å². The number of hydrogen-bond acceptors (Lipinski definition) is 2. The zero-order valence-corrected chi connectivity index (χ0v) is 15.1. The van der Waals surface area contributed by atoms with Gasteiger partial charge in [0, 0.05) is 15.5 Å². The molecule has 1 amide bonds. The Morgan fingerprint density at radius 1 is 1.35 bits per heavy atom. The van der Waals surface area contributed by atoms with Crippen molar-refractivity contribution in [2.75, 3.05) is 26.7 Å². The predicted molar refractivity (Wildman–Crippen MR) is 89.0 cm³/mol. The maximum absolute atomic E-state index is 12.3. The molecule has 1 heterocycles. The van der Waals surface area contributed by atoms with Gasteiger partial charge in [-0.15, -0.1) is 0 Å². The highest BCUT2D eigenvalue weighted by Crippen LogP contribution is 2.29. The molecule has 2 rings (SSSR count). The zero-order valence-electron chi connectivity index (χ0n) is 11.9. The fourth-order valence-electron chi connectivity index (χ4n) is 2.40. The molecular formula is C15H20Br2N2O. The quantitative estimate of drug-likeness (QED) is 0.834. The van der Waals surface area contributed by atoms with Crippen molar-refractivity contribution in [2.45, 2.75) is 19.8 Å². The average Bonchev–Trinajstić information content (AvgIpc) is 2.43. The molecule has 1 aromatic carbocycles. The fourth-order valence-corrected chi connectivity index (χ4v) is 3.18. The van der Waals surface area contributed by atoms with E-state index in [1.807, 2.05) is 18.2 Å². The van der Waals surface area contributed by atoms with Gasteiger partial charge in [0.15, 0.2) is 0 Å². The van der Waals surface area contributed by atoms with Crippen molar-refractivity contribution in [1.29, 1.82) is 0 Å². The summed E-state index contributed by atoms with van der Waals surface area (Å²) in [5.41, 5.74) is 0.886. The molecule has 0 saturated carbocycles. The Labute approximate surface area is 137 Å². The van der Waals surface area contributed by atoms with Gasteiger partial charge in [-0.25, -0.2) is 0 Å². The molecule has 1 saturated heterocycles. The van der Waals surface area contributed by atoms with E-state index in [9.17, 15) is 4.79 Å². The highest BCUT2D eigenvalue weighted by Gasteiger charge is 2.29. The molecule has 0 spiro atoms. The van der Waals surface area contributed by atoms with E-state index >= 15 is 0 Å². The van der Waals surface area contributed by atoms with Crippen LogP contribution in [0.5, 0.6) is 0 Å². The summed E-state index contributed by atoms with van der Waals surface area (Å²) in [5.74, 6) is -0.0154. The molecule has 20 heavy (non-hydrogen) atoms. The summed E-state index contributed by atoms with van der Waals surface area (Å²) >= 11 is 6.83. The number of piperidine rings is 1. The Balaban J connectivity index is 1.97. The van der Waals surface area contributed by atoms with Gasteiger partial charge in [0.25, 0.3) is 5.91 Å². The Morgan fingerprint density at radius 2 is 2.00 bits per heavy atom. The van der Waals surface area contributed by atoms with Crippen LogP contribution in [0.1, 0.15) is 30.1 Å². The van der Waals surface area contributed by atoms with Gasteiger partial charge < -0.3 is 10.2 Å². The van der Waals surface area contributed by atoms with E-state index < -0.39 is 0 Å². The van der Waals surface area contributed by atoms with Crippen molar-refractivity contribution in [1.82, 2.24) is 10.2 Å². The van der Waals surface area contributed by atoms with Crippen LogP contribution in [0.2, 0.25) is 0 Å². The second-order valence-electron chi connectivity index (χ2n) is 5.92. The number of carbonyl (C=O) groups excluding carboxylic acids is 1. The predicted octanol–water partition coefficient (Wildman–Crippen LogP) is 3.67. The summed E-state index contributed by atoms with van der Waals surface area (Å²) in [6.07, 6.45) is 2.26. The molecule has 1 fully saturated rings. The summed E-state index contributed by atoms with van der Waals surface area (Å²) in [6.45, 7) is 5.20. The summed E-state index contributed by atoms with van der Waals surface area (Å²) in [7, 11) is 2.15. The van der Waals surface area contributed by atoms with Crippen molar-refractivity contribution in [3.63, 3.8) is 0 Å². The standard InChI is InChI=1S/C15H20Br2N2O/c1-15(5-7-19(2)8-6-15)10-18-14(20)12-9-11(16)3-4-13(12)17/h3-4,9H,5-8,10H2,1-2H3,(H,18,20). The molecule has 0 unspecified atom stereocenters. The van der Waals surface area contributed by atoms with Crippen molar-refractivity contribution in [3.8, 4) is 0 Å². The van der Waals surface area contributed by atoms with Gasteiger partial charge in [-0.05, 0) is 72.5 Å². The smallest absolute Gasteiger partial charge is 0.252 e. The largest absolute Gasteiger partial charge is 0.351 e. The SMILES string of the molecule is CN1CCC(C)(CNC(=O)c2cc(Br)ccc2Br)CC1. The molecule has 0 aliphatic carbocycles. The lowest BCUT2D eigenvalue weighted by molar-refractivity contribution is 0.0891. The van der Waals surface area contributed by atoms with Crippen LogP contribution in [0.15, 0.2) is 27.1 Å². The van der Waals surface area contributed by atoms with Crippen LogP contribution in [0.4, 0.5) is 0 Å². The third-order valence-corrected chi connectivity index (χ3v) is 5.23. The minimum Gasteiger partial charge on any atom is -0.351 e. The second-order valence-corrected chi connectivity index (χ2v) is 7.69. The molecule has 1 aliphatic heterocycles.